The molecule has 120 valence electrons. The molecule has 0 saturated carbocycles. The van der Waals surface area contributed by atoms with E-state index < -0.39 is 0 Å². The molecule has 0 aliphatic carbocycles. The first-order chi connectivity index (χ1) is 11.8. The van der Waals surface area contributed by atoms with Crippen LogP contribution in [-0.4, -0.2) is 22.4 Å². The molecule has 0 radical (unpaired) electrons. The Morgan fingerprint density at radius 2 is 1.92 bits per heavy atom. The van der Waals surface area contributed by atoms with E-state index in [9.17, 15) is 4.79 Å². The van der Waals surface area contributed by atoms with Crippen molar-refractivity contribution in [2.75, 3.05) is 11.4 Å². The van der Waals surface area contributed by atoms with Crippen molar-refractivity contribution >= 4 is 11.6 Å². The Balaban J connectivity index is 1.52. The molecule has 3 heterocycles. The average Bonchev–Trinajstić information content (AvgIpc) is 3.06. The van der Waals surface area contributed by atoms with Crippen molar-refractivity contribution in [1.82, 2.24) is 9.97 Å². The second-order valence-electron chi connectivity index (χ2n) is 5.40. The highest BCUT2D eigenvalue weighted by molar-refractivity contribution is 6.05. The van der Waals surface area contributed by atoms with Crippen molar-refractivity contribution < 1.29 is 13.9 Å². The number of para-hydroxylation sites is 1. The largest absolute Gasteiger partial charge is 0.484 e. The molecule has 2 aromatic heterocycles. The molecule has 0 unspecified atom stereocenters. The summed E-state index contributed by atoms with van der Waals surface area (Å²) < 4.78 is 11.3. The molecule has 1 amide bonds. The van der Waals surface area contributed by atoms with Crippen LogP contribution in [0.25, 0.3) is 0 Å². The third-order valence-electron chi connectivity index (χ3n) is 3.83. The van der Waals surface area contributed by atoms with Gasteiger partial charge in [-0.1, -0.05) is 18.2 Å². The smallest absolute Gasteiger partial charge is 0.296 e. The Morgan fingerprint density at radius 1 is 1.12 bits per heavy atom. The van der Waals surface area contributed by atoms with Crippen LogP contribution in [0.2, 0.25) is 0 Å². The second-order valence-corrected chi connectivity index (χ2v) is 5.40. The van der Waals surface area contributed by atoms with Gasteiger partial charge in [0.15, 0.2) is 6.61 Å². The highest BCUT2D eigenvalue weighted by Crippen LogP contribution is 2.25. The Hall–Kier alpha value is -3.15. The predicted octanol–water partition coefficient (Wildman–Crippen LogP) is 2.85. The van der Waals surface area contributed by atoms with Crippen LogP contribution < -0.4 is 9.64 Å². The van der Waals surface area contributed by atoms with Crippen LogP contribution >= 0.6 is 0 Å². The van der Waals surface area contributed by atoms with E-state index in [1.165, 1.54) is 0 Å². The molecule has 1 aliphatic rings. The number of hydrogen-bond acceptors (Lipinski definition) is 5. The first-order valence-electron chi connectivity index (χ1n) is 7.69. The zero-order chi connectivity index (χ0) is 16.4. The van der Waals surface area contributed by atoms with E-state index in [4.69, 9.17) is 9.15 Å². The van der Waals surface area contributed by atoms with Crippen molar-refractivity contribution in [3.05, 3.63) is 72.2 Å². The van der Waals surface area contributed by atoms with E-state index in [-0.39, 0.29) is 12.5 Å². The van der Waals surface area contributed by atoms with Crippen LogP contribution in [0.1, 0.15) is 22.1 Å². The highest BCUT2D eigenvalue weighted by Gasteiger charge is 2.31. The number of fused-ring (bicyclic) bond motifs is 1. The molecule has 3 aromatic rings. The minimum Gasteiger partial charge on any atom is -0.484 e. The lowest BCUT2D eigenvalue weighted by Crippen LogP contribution is -2.37. The molecule has 0 saturated heterocycles. The van der Waals surface area contributed by atoms with Gasteiger partial charge in [0, 0.05) is 31.0 Å². The Morgan fingerprint density at radius 3 is 2.71 bits per heavy atom. The molecule has 24 heavy (non-hydrogen) atoms. The number of carbonyl (C=O) groups excluding carboxylic acids is 1. The fourth-order valence-electron chi connectivity index (χ4n) is 2.67. The van der Waals surface area contributed by atoms with Crippen LogP contribution in [-0.2, 0) is 13.0 Å². The van der Waals surface area contributed by atoms with Crippen molar-refractivity contribution in [2.24, 2.45) is 0 Å². The van der Waals surface area contributed by atoms with Gasteiger partial charge in [0.2, 0.25) is 11.7 Å². The summed E-state index contributed by atoms with van der Waals surface area (Å²) in [6, 6.07) is 13.0. The summed E-state index contributed by atoms with van der Waals surface area (Å²) in [4.78, 5) is 22.7. The Labute approximate surface area is 138 Å². The summed E-state index contributed by atoms with van der Waals surface area (Å²) in [6.07, 6.45) is 3.98. The number of oxazole rings is 1. The van der Waals surface area contributed by atoms with E-state index >= 15 is 0 Å². The number of nitrogens with zero attached hydrogens (tertiary/aromatic N) is 3. The zero-order valence-electron chi connectivity index (χ0n) is 12.9. The number of hydrogen-bond donors (Lipinski definition) is 0. The van der Waals surface area contributed by atoms with Crippen molar-refractivity contribution in [3.8, 4) is 5.75 Å². The molecule has 0 atom stereocenters. The quantitative estimate of drug-likeness (QED) is 0.739. The number of anilines is 1. The highest BCUT2D eigenvalue weighted by atomic mass is 16.5. The third-order valence-corrected chi connectivity index (χ3v) is 3.83. The van der Waals surface area contributed by atoms with E-state index in [0.29, 0.717) is 30.3 Å². The molecular formula is C18H15N3O3. The van der Waals surface area contributed by atoms with Gasteiger partial charge in [0.25, 0.3) is 5.91 Å². The lowest BCUT2D eigenvalue weighted by atomic mass is 10.1. The third kappa shape index (κ3) is 2.74. The summed E-state index contributed by atoms with van der Waals surface area (Å²) in [6.45, 7) is 0.765. The summed E-state index contributed by atoms with van der Waals surface area (Å²) in [5.41, 5.74) is 1.50. The summed E-state index contributed by atoms with van der Waals surface area (Å²) in [7, 11) is 0. The van der Waals surface area contributed by atoms with Crippen molar-refractivity contribution in [3.63, 3.8) is 0 Å². The van der Waals surface area contributed by atoms with Gasteiger partial charge in [-0.15, -0.1) is 0 Å². The lowest BCUT2D eigenvalue weighted by molar-refractivity contribution is 0.0948. The standard InChI is InChI=1S/C18H15N3O3/c22-18-17-15(8-11-21(18)13-6-9-19-10-7-13)20-16(24-17)12-23-14-4-2-1-3-5-14/h1-7,9-10H,8,11-12H2. The van der Waals surface area contributed by atoms with E-state index in [0.717, 1.165) is 11.4 Å². The van der Waals surface area contributed by atoms with Crippen molar-refractivity contribution in [2.45, 2.75) is 13.0 Å². The molecule has 0 bridgehead atoms. The number of benzene rings is 1. The van der Waals surface area contributed by atoms with Crippen LogP contribution in [0.3, 0.4) is 0 Å². The maximum Gasteiger partial charge on any atom is 0.296 e. The van der Waals surface area contributed by atoms with Gasteiger partial charge in [-0.25, -0.2) is 4.98 Å². The van der Waals surface area contributed by atoms with Gasteiger partial charge in [0.1, 0.15) is 5.75 Å². The van der Waals surface area contributed by atoms with Crippen LogP contribution in [0.5, 0.6) is 5.75 Å². The molecule has 1 aromatic carbocycles. The van der Waals surface area contributed by atoms with Crippen molar-refractivity contribution in [1.29, 1.82) is 0 Å². The molecule has 1 aliphatic heterocycles. The van der Waals surface area contributed by atoms with E-state index in [2.05, 4.69) is 9.97 Å². The topological polar surface area (TPSA) is 68.5 Å². The van der Waals surface area contributed by atoms with Gasteiger partial charge < -0.3 is 14.1 Å². The normalized spacial score (nSPS) is 13.7. The van der Waals surface area contributed by atoms with Gasteiger partial charge in [-0.05, 0) is 24.3 Å². The van der Waals surface area contributed by atoms with Crippen LogP contribution in [0.15, 0.2) is 59.3 Å². The minimum absolute atomic E-state index is 0.180. The van der Waals surface area contributed by atoms with E-state index in [1.54, 1.807) is 29.4 Å². The number of aromatic nitrogens is 2. The summed E-state index contributed by atoms with van der Waals surface area (Å²) in [5, 5.41) is 0. The van der Waals surface area contributed by atoms with Gasteiger partial charge >= 0.3 is 0 Å². The summed E-state index contributed by atoms with van der Waals surface area (Å²) >= 11 is 0. The van der Waals surface area contributed by atoms with Gasteiger partial charge in [-0.2, -0.15) is 0 Å². The number of ether oxygens (including phenoxy) is 1. The molecule has 6 heteroatoms. The number of pyridine rings is 1. The van der Waals surface area contributed by atoms with Gasteiger partial charge in [-0.3, -0.25) is 9.78 Å². The molecule has 0 spiro atoms. The molecule has 6 nitrogen and oxygen atoms in total. The predicted molar refractivity (Wildman–Crippen MR) is 86.9 cm³/mol. The minimum atomic E-state index is -0.180. The first-order valence-corrected chi connectivity index (χ1v) is 7.69. The van der Waals surface area contributed by atoms with Crippen LogP contribution in [0, 0.1) is 0 Å². The second kappa shape index (κ2) is 6.16. The monoisotopic (exact) mass is 321 g/mol. The molecule has 0 N–H and O–H groups in total. The van der Waals surface area contributed by atoms with Gasteiger partial charge in [0.05, 0.1) is 5.69 Å². The number of amides is 1. The zero-order valence-corrected chi connectivity index (χ0v) is 12.9. The fourth-order valence-corrected chi connectivity index (χ4v) is 2.67. The molecule has 4 rings (SSSR count). The van der Waals surface area contributed by atoms with Crippen LogP contribution in [0.4, 0.5) is 5.69 Å². The first kappa shape index (κ1) is 14.4. The molecule has 0 fully saturated rings. The summed E-state index contributed by atoms with van der Waals surface area (Å²) in [5.74, 6) is 1.26. The maximum absolute atomic E-state index is 12.6. The number of rotatable bonds is 4. The number of carbonyl (C=O) groups is 1. The lowest BCUT2D eigenvalue weighted by Gasteiger charge is -2.24. The SMILES string of the molecule is O=C1c2oc(COc3ccccc3)nc2CCN1c1ccncc1. The fraction of sp³-hybridized carbons (Fsp3) is 0.167. The molecular weight excluding hydrogens is 306 g/mol. The Bertz CT molecular complexity index is 846. The maximum atomic E-state index is 12.6. The van der Waals surface area contributed by atoms with E-state index in [1.807, 2.05) is 30.3 Å². The Kier molecular flexibility index (Phi) is 3.70. The average molecular weight is 321 g/mol.